The minimum atomic E-state index is -1.33. The second-order valence-corrected chi connectivity index (χ2v) is 21.2. The summed E-state index contributed by atoms with van der Waals surface area (Å²) in [6.07, 6.45) is 3.08. The lowest BCUT2D eigenvalue weighted by Gasteiger charge is -2.41. The standard InChI is InChI=1S/C37H50F2N2O5SSi/c1-37(2,3)36(32-22-28(30-23-29(38)15-16-31(30)39)25-40(32)24-27-12-8-7-9-13-27)41(33(42)26-47-20-17-34(43)44)18-11-10-14-35(45)46-19-21-48(4,5)6/h7-9,12-13,15-16,22-23,25,36H,10-11,14,17-21,24,26H2,1-6H3,(H,43,44)/t36-/m0/s1. The van der Waals surface area contributed by atoms with Crippen LogP contribution in [-0.2, 0) is 25.7 Å². The molecule has 1 aromatic heterocycles. The van der Waals surface area contributed by atoms with Crippen LogP contribution in [0.1, 0.15) is 63.8 Å². The largest absolute Gasteiger partial charge is 0.481 e. The van der Waals surface area contributed by atoms with Crippen molar-refractivity contribution >= 4 is 37.7 Å². The highest BCUT2D eigenvalue weighted by Gasteiger charge is 2.37. The first-order chi connectivity index (χ1) is 22.5. The molecule has 0 aliphatic heterocycles. The SMILES string of the molecule is CC(C)(C)[C@H](c1cc(-c2cc(F)ccc2F)cn1Cc1ccccc1)N(CCCCC(=O)OCC[Si](C)(C)C)C(=O)CSCCC(=O)O. The predicted molar refractivity (Wildman–Crippen MR) is 192 cm³/mol. The highest BCUT2D eigenvalue weighted by Crippen LogP contribution is 2.41. The Kier molecular flexibility index (Phi) is 14.5. The number of aliphatic carboxylic acids is 1. The highest BCUT2D eigenvalue weighted by atomic mass is 32.2. The summed E-state index contributed by atoms with van der Waals surface area (Å²) in [6.45, 7) is 14.0. The summed E-state index contributed by atoms with van der Waals surface area (Å²) in [5, 5.41) is 9.10. The molecule has 1 atom stereocenters. The predicted octanol–water partition coefficient (Wildman–Crippen LogP) is 8.66. The number of nitrogens with zero attached hydrogens (tertiary/aromatic N) is 2. The molecule has 2 aromatic carbocycles. The molecule has 0 fully saturated rings. The molecular weight excluding hydrogens is 651 g/mol. The van der Waals surface area contributed by atoms with E-state index in [-0.39, 0.29) is 36.0 Å². The third kappa shape index (κ3) is 12.5. The summed E-state index contributed by atoms with van der Waals surface area (Å²) in [4.78, 5) is 39.4. The third-order valence-corrected chi connectivity index (χ3v) is 10.6. The summed E-state index contributed by atoms with van der Waals surface area (Å²) < 4.78 is 36.8. The molecule has 3 rings (SSSR count). The maximum absolute atomic E-state index is 15.1. The number of benzene rings is 2. The van der Waals surface area contributed by atoms with Gasteiger partial charge < -0.3 is 19.3 Å². The van der Waals surface area contributed by atoms with Crippen LogP contribution in [0.5, 0.6) is 0 Å². The average molecular weight is 701 g/mol. The van der Waals surface area contributed by atoms with E-state index < -0.39 is 37.1 Å². The van der Waals surface area contributed by atoms with Crippen LogP contribution in [0.4, 0.5) is 8.78 Å². The molecule has 0 aliphatic rings. The number of hydrogen-bond donors (Lipinski definition) is 1. The minimum absolute atomic E-state index is 0.0526. The Hall–Kier alpha value is -3.44. The lowest BCUT2D eigenvalue weighted by atomic mass is 9.83. The van der Waals surface area contributed by atoms with Crippen LogP contribution >= 0.6 is 11.8 Å². The van der Waals surface area contributed by atoms with E-state index in [1.807, 2.05) is 66.6 Å². The number of thioether (sulfide) groups is 1. The first kappa shape index (κ1) is 39.0. The van der Waals surface area contributed by atoms with Gasteiger partial charge in [0.2, 0.25) is 5.91 Å². The Balaban J connectivity index is 1.97. The van der Waals surface area contributed by atoms with Gasteiger partial charge in [0, 0.05) is 56.4 Å². The van der Waals surface area contributed by atoms with Crippen molar-refractivity contribution in [1.82, 2.24) is 9.47 Å². The number of unbranched alkanes of at least 4 members (excludes halogenated alkanes) is 1. The number of esters is 1. The van der Waals surface area contributed by atoms with Gasteiger partial charge in [-0.05, 0) is 54.1 Å². The number of aromatic nitrogens is 1. The number of carbonyl (C=O) groups is 3. The first-order valence-corrected chi connectivity index (χ1v) is 21.4. The molecule has 0 aliphatic carbocycles. The molecule has 1 heterocycles. The van der Waals surface area contributed by atoms with E-state index in [0.29, 0.717) is 43.9 Å². The Morgan fingerprint density at radius 2 is 1.71 bits per heavy atom. The normalized spacial score (nSPS) is 12.5. The van der Waals surface area contributed by atoms with Crippen LogP contribution in [0.3, 0.4) is 0 Å². The van der Waals surface area contributed by atoms with Gasteiger partial charge in [0.1, 0.15) is 11.6 Å². The van der Waals surface area contributed by atoms with Crippen molar-refractivity contribution in [3.05, 3.63) is 83.7 Å². The Bertz CT molecular complexity index is 1520. The molecule has 3 aromatic rings. The van der Waals surface area contributed by atoms with Gasteiger partial charge in [-0.15, -0.1) is 0 Å². The van der Waals surface area contributed by atoms with Gasteiger partial charge in [-0.2, -0.15) is 11.8 Å². The van der Waals surface area contributed by atoms with Crippen molar-refractivity contribution in [3.63, 3.8) is 0 Å². The van der Waals surface area contributed by atoms with E-state index in [2.05, 4.69) is 19.6 Å². The second-order valence-electron chi connectivity index (χ2n) is 14.4. The fraction of sp³-hybridized carbons (Fsp3) is 0.486. The quantitative estimate of drug-likeness (QED) is 0.0812. The van der Waals surface area contributed by atoms with Gasteiger partial charge in [-0.25, -0.2) is 8.78 Å². The number of halogens is 2. The molecule has 1 amide bonds. The van der Waals surface area contributed by atoms with Gasteiger partial charge in [-0.3, -0.25) is 14.4 Å². The maximum Gasteiger partial charge on any atom is 0.305 e. The average Bonchev–Trinajstić information content (AvgIpc) is 3.39. The number of amides is 1. The van der Waals surface area contributed by atoms with E-state index in [9.17, 15) is 18.8 Å². The zero-order valence-electron chi connectivity index (χ0n) is 29.1. The lowest BCUT2D eigenvalue weighted by molar-refractivity contribution is -0.143. The first-order valence-electron chi connectivity index (χ1n) is 16.5. The highest BCUT2D eigenvalue weighted by molar-refractivity contribution is 7.99. The summed E-state index contributed by atoms with van der Waals surface area (Å²) in [5.74, 6) is -2.05. The van der Waals surface area contributed by atoms with Crippen LogP contribution < -0.4 is 0 Å². The molecule has 262 valence electrons. The van der Waals surface area contributed by atoms with E-state index in [4.69, 9.17) is 9.84 Å². The lowest BCUT2D eigenvalue weighted by Crippen LogP contribution is -2.43. The molecule has 0 saturated heterocycles. The Labute approximate surface area is 289 Å². The number of rotatable bonds is 18. The van der Waals surface area contributed by atoms with Crippen LogP contribution in [0.15, 0.2) is 60.8 Å². The molecule has 48 heavy (non-hydrogen) atoms. The van der Waals surface area contributed by atoms with E-state index in [1.165, 1.54) is 17.8 Å². The fourth-order valence-electron chi connectivity index (χ4n) is 5.51. The molecule has 1 N–H and O–H groups in total. The van der Waals surface area contributed by atoms with Crippen molar-refractivity contribution in [2.75, 3.05) is 24.7 Å². The molecule has 0 saturated carbocycles. The molecule has 0 bridgehead atoms. The van der Waals surface area contributed by atoms with Gasteiger partial charge in [0.25, 0.3) is 0 Å². The van der Waals surface area contributed by atoms with Crippen LogP contribution in [0.25, 0.3) is 11.1 Å². The van der Waals surface area contributed by atoms with Gasteiger partial charge in [0.05, 0.1) is 24.8 Å². The van der Waals surface area contributed by atoms with Crippen LogP contribution in [0, 0.1) is 17.0 Å². The second kappa shape index (κ2) is 17.8. The molecule has 0 spiro atoms. The van der Waals surface area contributed by atoms with Crippen molar-refractivity contribution < 1.29 is 33.0 Å². The number of carboxylic acids is 1. The van der Waals surface area contributed by atoms with Crippen LogP contribution in [0.2, 0.25) is 25.7 Å². The third-order valence-electron chi connectivity index (χ3n) is 7.93. The summed E-state index contributed by atoms with van der Waals surface area (Å²) in [7, 11) is -1.33. The topological polar surface area (TPSA) is 88.8 Å². The maximum atomic E-state index is 15.1. The van der Waals surface area contributed by atoms with E-state index >= 15 is 4.39 Å². The summed E-state index contributed by atoms with van der Waals surface area (Å²) >= 11 is 1.27. The molecule has 7 nitrogen and oxygen atoms in total. The number of carbonyl (C=O) groups excluding carboxylic acids is 2. The number of ether oxygens (including phenoxy) is 1. The van der Waals surface area contributed by atoms with Gasteiger partial charge >= 0.3 is 11.9 Å². The van der Waals surface area contributed by atoms with Crippen LogP contribution in [-0.4, -0.2) is 65.2 Å². The number of carboxylic acid groups (broad SMARTS) is 1. The molecule has 0 unspecified atom stereocenters. The van der Waals surface area contributed by atoms with Crippen molar-refractivity contribution in [1.29, 1.82) is 0 Å². The van der Waals surface area contributed by atoms with Gasteiger partial charge in [-0.1, -0.05) is 70.7 Å². The fourth-order valence-corrected chi connectivity index (χ4v) is 7.02. The molecular formula is C37H50F2N2O5SSi. The summed E-state index contributed by atoms with van der Waals surface area (Å²) in [6, 6.07) is 15.4. The monoisotopic (exact) mass is 700 g/mol. The van der Waals surface area contributed by atoms with E-state index in [0.717, 1.165) is 29.4 Å². The molecule has 11 heteroatoms. The Morgan fingerprint density at radius 1 is 1.00 bits per heavy atom. The van der Waals surface area contributed by atoms with Crippen molar-refractivity contribution in [3.8, 4) is 11.1 Å². The van der Waals surface area contributed by atoms with Crippen molar-refractivity contribution in [2.24, 2.45) is 5.41 Å². The van der Waals surface area contributed by atoms with Gasteiger partial charge in [0.15, 0.2) is 0 Å². The summed E-state index contributed by atoms with van der Waals surface area (Å²) in [5.41, 5.74) is 1.89. The zero-order chi connectivity index (χ0) is 35.5. The Morgan fingerprint density at radius 3 is 2.35 bits per heavy atom. The van der Waals surface area contributed by atoms with E-state index in [1.54, 1.807) is 6.20 Å². The molecule has 0 radical (unpaired) electrons. The number of hydrogen-bond acceptors (Lipinski definition) is 5. The van der Waals surface area contributed by atoms with Crippen molar-refractivity contribution in [2.45, 2.75) is 84.7 Å². The zero-order valence-corrected chi connectivity index (χ0v) is 30.9. The smallest absolute Gasteiger partial charge is 0.305 e. The minimum Gasteiger partial charge on any atom is -0.481 e.